The lowest BCUT2D eigenvalue weighted by Crippen LogP contribution is -2.37. The highest BCUT2D eigenvalue weighted by molar-refractivity contribution is 6.32. The normalized spacial score (nSPS) is 10.9. The molecule has 0 amide bonds. The average molecular weight is 296 g/mol. The Bertz CT molecular complexity index is 509. The summed E-state index contributed by atoms with van der Waals surface area (Å²) in [5, 5.41) is 10.2. The van der Waals surface area contributed by atoms with Crippen molar-refractivity contribution in [3.05, 3.63) is 33.3 Å². The maximum atomic E-state index is 13.3. The molecule has 0 aliphatic heterocycles. The van der Waals surface area contributed by atoms with Gasteiger partial charge in [-0.05, 0) is 13.0 Å². The van der Waals surface area contributed by atoms with Crippen molar-refractivity contribution in [2.45, 2.75) is 13.0 Å². The topological polar surface area (TPSA) is 78.7 Å². The zero-order valence-electron chi connectivity index (χ0n) is 9.56. The van der Waals surface area contributed by atoms with Crippen molar-refractivity contribution in [3.8, 4) is 5.75 Å². The molecule has 0 N–H and O–H groups in total. The van der Waals surface area contributed by atoms with E-state index in [1.807, 2.05) is 0 Å². The van der Waals surface area contributed by atoms with E-state index in [9.17, 15) is 23.7 Å². The van der Waals surface area contributed by atoms with Gasteiger partial charge in [-0.15, -0.1) is 0 Å². The lowest BCUT2D eigenvalue weighted by atomic mass is 10.3. The van der Waals surface area contributed by atoms with E-state index in [0.29, 0.717) is 6.07 Å². The van der Waals surface area contributed by atoms with Crippen LogP contribution >= 0.6 is 11.6 Å². The van der Waals surface area contributed by atoms with Gasteiger partial charge in [0.2, 0.25) is 0 Å². The molecule has 1 aromatic rings. The first-order chi connectivity index (χ1) is 8.77. The molecule has 0 heterocycles. The van der Waals surface area contributed by atoms with Crippen LogP contribution in [-0.2, 0) is 9.53 Å². The number of carbonyl (C=O) groups is 1. The predicted molar refractivity (Wildman–Crippen MR) is 60.3 cm³/mol. The molecule has 0 atom stereocenters. The van der Waals surface area contributed by atoms with Gasteiger partial charge in [-0.25, -0.2) is 4.79 Å². The summed E-state index contributed by atoms with van der Waals surface area (Å²) >= 11 is 5.56. The monoisotopic (exact) mass is 295 g/mol. The summed E-state index contributed by atoms with van der Waals surface area (Å²) in [7, 11) is 0. The Morgan fingerprint density at radius 2 is 2.16 bits per heavy atom. The quantitative estimate of drug-likeness (QED) is 0.474. The number of carbonyl (C=O) groups excluding carboxylic acids is 1. The van der Waals surface area contributed by atoms with Crippen LogP contribution in [0.4, 0.5) is 14.5 Å². The van der Waals surface area contributed by atoms with Crippen LogP contribution < -0.4 is 4.74 Å². The van der Waals surface area contributed by atoms with Crippen LogP contribution in [0.25, 0.3) is 0 Å². The van der Waals surface area contributed by atoms with Gasteiger partial charge in [-0.2, -0.15) is 8.78 Å². The van der Waals surface area contributed by atoms with Gasteiger partial charge in [-0.3, -0.25) is 10.1 Å². The lowest BCUT2D eigenvalue weighted by molar-refractivity contribution is -0.385. The molecule has 0 saturated carbocycles. The first kappa shape index (κ1) is 15.1. The molecule has 104 valence electrons. The van der Waals surface area contributed by atoms with Gasteiger partial charge < -0.3 is 9.47 Å². The number of nitro groups is 1. The van der Waals surface area contributed by atoms with E-state index in [4.69, 9.17) is 11.6 Å². The Balaban J connectivity index is 3.01. The third kappa shape index (κ3) is 3.75. The summed E-state index contributed by atoms with van der Waals surface area (Å²) in [6, 6.07) is 2.71. The molecule has 0 aromatic heterocycles. The molecule has 0 spiro atoms. The second kappa shape index (κ2) is 5.79. The zero-order valence-corrected chi connectivity index (χ0v) is 10.3. The van der Waals surface area contributed by atoms with E-state index in [0.717, 1.165) is 12.1 Å². The fraction of sp³-hybridized carbons (Fsp3) is 0.300. The summed E-state index contributed by atoms with van der Waals surface area (Å²) in [5.74, 6) is -2.59. The van der Waals surface area contributed by atoms with Gasteiger partial charge in [0.25, 0.3) is 5.69 Å². The van der Waals surface area contributed by atoms with E-state index in [2.05, 4.69) is 9.47 Å². The van der Waals surface area contributed by atoms with Gasteiger partial charge in [0.15, 0.2) is 5.75 Å². The Kier molecular flexibility index (Phi) is 4.60. The number of alkyl halides is 2. The molecule has 6 nitrogen and oxygen atoms in total. The molecule has 9 heteroatoms. The summed E-state index contributed by atoms with van der Waals surface area (Å²) in [6.07, 6.45) is -4.28. The smallest absolute Gasteiger partial charge is 0.459 e. The number of benzene rings is 1. The van der Waals surface area contributed by atoms with Crippen molar-refractivity contribution < 1.29 is 28.0 Å². The molecular formula is C10H8ClF2NO5. The molecule has 0 radical (unpaired) electrons. The van der Waals surface area contributed by atoms with E-state index in [1.54, 1.807) is 0 Å². The van der Waals surface area contributed by atoms with Gasteiger partial charge in [0, 0.05) is 6.07 Å². The zero-order chi connectivity index (χ0) is 14.6. The van der Waals surface area contributed by atoms with Gasteiger partial charge in [0.05, 0.1) is 22.6 Å². The van der Waals surface area contributed by atoms with Crippen LogP contribution in [0.15, 0.2) is 18.2 Å². The highest BCUT2D eigenvalue weighted by Gasteiger charge is 2.44. The largest absolute Gasteiger partial charge is 0.502 e. The average Bonchev–Trinajstić information content (AvgIpc) is 2.31. The maximum Gasteiger partial charge on any atom is 0.502 e. The minimum absolute atomic E-state index is 0.263. The SMILES string of the molecule is CCOC(=O)C(F)(F)Oc1cc([N+](=O)[O-])ccc1Cl. The van der Waals surface area contributed by atoms with Crippen LogP contribution in [0.3, 0.4) is 0 Å². The standard InChI is InChI=1S/C10H8ClF2NO5/c1-2-18-9(15)10(12,13)19-8-5-6(14(16)17)3-4-7(8)11/h3-5H,2H2,1H3. The first-order valence-corrected chi connectivity index (χ1v) is 5.33. The van der Waals surface area contributed by atoms with Gasteiger partial charge >= 0.3 is 12.1 Å². The number of non-ortho nitro benzene ring substituents is 1. The second-order valence-corrected chi connectivity index (χ2v) is 3.62. The van der Waals surface area contributed by atoms with E-state index >= 15 is 0 Å². The highest BCUT2D eigenvalue weighted by Crippen LogP contribution is 2.33. The van der Waals surface area contributed by atoms with E-state index < -0.39 is 28.4 Å². The minimum Gasteiger partial charge on any atom is -0.459 e. The molecule has 1 aromatic carbocycles. The minimum atomic E-state index is -4.28. The van der Waals surface area contributed by atoms with Gasteiger partial charge in [-0.1, -0.05) is 11.6 Å². The van der Waals surface area contributed by atoms with Crippen LogP contribution in [0.5, 0.6) is 5.75 Å². The molecule has 0 fully saturated rings. The highest BCUT2D eigenvalue weighted by atomic mass is 35.5. The fourth-order valence-electron chi connectivity index (χ4n) is 1.08. The Morgan fingerprint density at radius 3 is 2.68 bits per heavy atom. The van der Waals surface area contributed by atoms with Crippen molar-refractivity contribution in [3.63, 3.8) is 0 Å². The fourth-order valence-corrected chi connectivity index (χ4v) is 1.23. The van der Waals surface area contributed by atoms with E-state index in [1.165, 1.54) is 6.92 Å². The van der Waals surface area contributed by atoms with Crippen molar-refractivity contribution in [1.29, 1.82) is 0 Å². The molecule has 0 aliphatic carbocycles. The molecule has 1 rings (SSSR count). The number of esters is 1. The number of nitrogens with zero attached hydrogens (tertiary/aromatic N) is 1. The van der Waals surface area contributed by atoms with Crippen molar-refractivity contribution in [1.82, 2.24) is 0 Å². The number of hydrogen-bond donors (Lipinski definition) is 0. The van der Waals surface area contributed by atoms with Crippen molar-refractivity contribution in [2.75, 3.05) is 6.61 Å². The number of ether oxygens (including phenoxy) is 2. The third-order valence-electron chi connectivity index (χ3n) is 1.88. The molecule has 19 heavy (non-hydrogen) atoms. The first-order valence-electron chi connectivity index (χ1n) is 4.96. The predicted octanol–water partition coefficient (Wildman–Crippen LogP) is 2.78. The molecule has 0 unspecified atom stereocenters. The molecule has 0 saturated heterocycles. The third-order valence-corrected chi connectivity index (χ3v) is 2.19. The summed E-state index contributed by atoms with van der Waals surface area (Å²) < 4.78 is 34.8. The Labute approximate surface area is 111 Å². The molecule has 0 bridgehead atoms. The summed E-state index contributed by atoms with van der Waals surface area (Å²) in [5.41, 5.74) is -0.501. The van der Waals surface area contributed by atoms with Crippen LogP contribution in [0, 0.1) is 10.1 Å². The summed E-state index contributed by atoms with van der Waals surface area (Å²) in [6.45, 7) is 1.08. The number of halogens is 3. The maximum absolute atomic E-state index is 13.3. The lowest BCUT2D eigenvalue weighted by Gasteiger charge is -2.16. The summed E-state index contributed by atoms with van der Waals surface area (Å²) in [4.78, 5) is 20.6. The van der Waals surface area contributed by atoms with Crippen LogP contribution in [0.1, 0.15) is 6.92 Å². The van der Waals surface area contributed by atoms with Crippen LogP contribution in [0.2, 0.25) is 5.02 Å². The molecular weight excluding hydrogens is 288 g/mol. The molecule has 0 aliphatic rings. The van der Waals surface area contributed by atoms with Gasteiger partial charge in [0.1, 0.15) is 0 Å². The van der Waals surface area contributed by atoms with E-state index in [-0.39, 0.29) is 11.6 Å². The Hall–Kier alpha value is -1.96. The Morgan fingerprint density at radius 1 is 1.53 bits per heavy atom. The van der Waals surface area contributed by atoms with Crippen molar-refractivity contribution >= 4 is 23.3 Å². The number of rotatable bonds is 5. The number of nitro benzene ring substituents is 1. The van der Waals surface area contributed by atoms with Crippen molar-refractivity contribution in [2.24, 2.45) is 0 Å². The number of hydrogen-bond acceptors (Lipinski definition) is 5. The second-order valence-electron chi connectivity index (χ2n) is 3.21. The van der Waals surface area contributed by atoms with Crippen LogP contribution in [-0.4, -0.2) is 23.6 Å².